The largest absolute Gasteiger partial charge is 0.384 e. The van der Waals surface area contributed by atoms with E-state index in [-0.39, 0.29) is 0 Å². The van der Waals surface area contributed by atoms with Gasteiger partial charge in [-0.2, -0.15) is 0 Å². The summed E-state index contributed by atoms with van der Waals surface area (Å²) in [5, 5.41) is 13.6. The minimum Gasteiger partial charge on any atom is -0.384 e. The Morgan fingerprint density at radius 3 is 2.45 bits per heavy atom. The Morgan fingerprint density at radius 1 is 0.900 bits per heavy atom. The van der Waals surface area contributed by atoms with Gasteiger partial charge in [-0.1, -0.05) is 60.1 Å². The first-order valence-electron chi connectivity index (χ1n) is 6.58. The third kappa shape index (κ3) is 2.31. The number of aliphatic hydroxyl groups is 1. The minimum absolute atomic E-state index is 0.654. The van der Waals surface area contributed by atoms with Gasteiger partial charge in [0, 0.05) is 5.02 Å². The van der Waals surface area contributed by atoms with Gasteiger partial charge < -0.3 is 5.11 Å². The SMILES string of the molecule is Cc1c(Cl)cccc1C(O)c1ccc2ccccc2c1. The van der Waals surface area contributed by atoms with Crippen LogP contribution in [0.2, 0.25) is 5.02 Å². The molecule has 0 bridgehead atoms. The molecule has 1 atom stereocenters. The molecule has 1 unspecified atom stereocenters. The van der Waals surface area contributed by atoms with Crippen LogP contribution in [0.15, 0.2) is 60.7 Å². The molecule has 0 aliphatic heterocycles. The molecule has 0 radical (unpaired) electrons. The van der Waals surface area contributed by atoms with Crippen molar-refractivity contribution in [1.82, 2.24) is 0 Å². The summed E-state index contributed by atoms with van der Waals surface area (Å²) in [6.07, 6.45) is -0.654. The summed E-state index contributed by atoms with van der Waals surface area (Å²) in [5.74, 6) is 0. The second kappa shape index (κ2) is 5.28. The third-order valence-electron chi connectivity index (χ3n) is 3.69. The minimum atomic E-state index is -0.654. The molecule has 0 saturated carbocycles. The Bertz CT molecular complexity index is 764. The monoisotopic (exact) mass is 282 g/mol. The lowest BCUT2D eigenvalue weighted by atomic mass is 9.96. The molecule has 0 spiro atoms. The quantitative estimate of drug-likeness (QED) is 0.710. The topological polar surface area (TPSA) is 20.2 Å². The maximum absolute atomic E-state index is 10.6. The molecule has 0 amide bonds. The molecule has 1 N–H and O–H groups in total. The van der Waals surface area contributed by atoms with Gasteiger partial charge in [-0.15, -0.1) is 0 Å². The standard InChI is InChI=1S/C18H15ClO/c1-12-16(7-4-8-17(12)19)18(20)15-10-9-13-5-2-3-6-14(13)11-15/h2-11,18,20H,1H3. The van der Waals surface area contributed by atoms with Crippen molar-refractivity contribution in [2.45, 2.75) is 13.0 Å². The summed E-state index contributed by atoms with van der Waals surface area (Å²) in [6.45, 7) is 1.93. The van der Waals surface area contributed by atoms with E-state index in [2.05, 4.69) is 12.1 Å². The lowest BCUT2D eigenvalue weighted by Gasteiger charge is -2.15. The van der Waals surface area contributed by atoms with Crippen LogP contribution in [0.5, 0.6) is 0 Å². The van der Waals surface area contributed by atoms with Crippen LogP contribution in [-0.2, 0) is 0 Å². The lowest BCUT2D eigenvalue weighted by molar-refractivity contribution is 0.219. The fourth-order valence-corrected chi connectivity index (χ4v) is 2.66. The molecule has 3 aromatic carbocycles. The van der Waals surface area contributed by atoms with Gasteiger partial charge in [0.05, 0.1) is 0 Å². The fraction of sp³-hybridized carbons (Fsp3) is 0.111. The lowest BCUT2D eigenvalue weighted by Crippen LogP contribution is -2.02. The molecule has 0 aromatic heterocycles. The highest BCUT2D eigenvalue weighted by molar-refractivity contribution is 6.31. The maximum atomic E-state index is 10.6. The second-order valence-corrected chi connectivity index (χ2v) is 5.37. The molecule has 0 heterocycles. The van der Waals surface area contributed by atoms with Crippen molar-refractivity contribution in [3.05, 3.63) is 82.4 Å². The predicted molar refractivity (Wildman–Crippen MR) is 84.2 cm³/mol. The van der Waals surface area contributed by atoms with Crippen LogP contribution < -0.4 is 0 Å². The Hall–Kier alpha value is -1.83. The third-order valence-corrected chi connectivity index (χ3v) is 4.10. The molecule has 1 nitrogen and oxygen atoms in total. The zero-order chi connectivity index (χ0) is 14.1. The Kier molecular flexibility index (Phi) is 3.47. The molecule has 0 saturated heterocycles. The highest BCUT2D eigenvalue weighted by Crippen LogP contribution is 2.30. The van der Waals surface area contributed by atoms with Crippen LogP contribution in [0.4, 0.5) is 0 Å². The fourth-order valence-electron chi connectivity index (χ4n) is 2.48. The molecule has 0 aliphatic carbocycles. The maximum Gasteiger partial charge on any atom is 0.104 e. The van der Waals surface area contributed by atoms with Crippen LogP contribution in [0.25, 0.3) is 10.8 Å². The molecular weight excluding hydrogens is 268 g/mol. The molecule has 100 valence electrons. The van der Waals surface area contributed by atoms with Gasteiger partial charge >= 0.3 is 0 Å². The summed E-state index contributed by atoms with van der Waals surface area (Å²) in [7, 11) is 0. The van der Waals surface area contributed by atoms with Crippen molar-refractivity contribution < 1.29 is 5.11 Å². The van der Waals surface area contributed by atoms with Crippen molar-refractivity contribution in [1.29, 1.82) is 0 Å². The van der Waals surface area contributed by atoms with Crippen molar-refractivity contribution in [2.24, 2.45) is 0 Å². The molecule has 0 fully saturated rings. The average Bonchev–Trinajstić information content (AvgIpc) is 2.49. The van der Waals surface area contributed by atoms with Crippen molar-refractivity contribution in [2.75, 3.05) is 0 Å². The van der Waals surface area contributed by atoms with E-state index in [9.17, 15) is 5.11 Å². The molecule has 20 heavy (non-hydrogen) atoms. The number of hydrogen-bond donors (Lipinski definition) is 1. The molecule has 0 aliphatic rings. The zero-order valence-electron chi connectivity index (χ0n) is 11.2. The predicted octanol–water partition coefficient (Wildman–Crippen LogP) is 4.88. The van der Waals surface area contributed by atoms with Crippen LogP contribution in [0.1, 0.15) is 22.8 Å². The normalized spacial score (nSPS) is 12.6. The van der Waals surface area contributed by atoms with Gasteiger partial charge in [0.1, 0.15) is 6.10 Å². The Morgan fingerprint density at radius 2 is 1.65 bits per heavy atom. The van der Waals surface area contributed by atoms with Gasteiger partial charge in [-0.25, -0.2) is 0 Å². The molecule has 3 aromatic rings. The first-order valence-corrected chi connectivity index (χ1v) is 6.96. The highest BCUT2D eigenvalue weighted by Gasteiger charge is 2.14. The van der Waals surface area contributed by atoms with Crippen molar-refractivity contribution in [3.63, 3.8) is 0 Å². The van der Waals surface area contributed by atoms with E-state index >= 15 is 0 Å². The van der Waals surface area contributed by atoms with E-state index in [0.29, 0.717) is 5.02 Å². The van der Waals surface area contributed by atoms with E-state index in [1.807, 2.05) is 55.5 Å². The van der Waals surface area contributed by atoms with Crippen molar-refractivity contribution >= 4 is 22.4 Å². The van der Waals surface area contributed by atoms with Gasteiger partial charge in [-0.3, -0.25) is 0 Å². The highest BCUT2D eigenvalue weighted by atomic mass is 35.5. The summed E-state index contributed by atoms with van der Waals surface area (Å²) >= 11 is 6.13. The van der Waals surface area contributed by atoms with Crippen molar-refractivity contribution in [3.8, 4) is 0 Å². The molecular formula is C18H15ClO. The summed E-state index contributed by atoms with van der Waals surface area (Å²) in [4.78, 5) is 0. The zero-order valence-corrected chi connectivity index (χ0v) is 11.9. The number of aliphatic hydroxyl groups excluding tert-OH is 1. The summed E-state index contributed by atoms with van der Waals surface area (Å²) in [5.41, 5.74) is 2.66. The number of hydrogen-bond acceptors (Lipinski definition) is 1. The Balaban J connectivity index is 2.08. The van der Waals surface area contributed by atoms with Crippen LogP contribution in [0, 0.1) is 6.92 Å². The molecule has 2 heteroatoms. The van der Waals surface area contributed by atoms with E-state index in [1.54, 1.807) is 0 Å². The average molecular weight is 283 g/mol. The van der Waals surface area contributed by atoms with E-state index in [0.717, 1.165) is 22.1 Å². The summed E-state index contributed by atoms with van der Waals surface area (Å²) in [6, 6.07) is 19.8. The number of rotatable bonds is 2. The van der Waals surface area contributed by atoms with Gasteiger partial charge in [0.25, 0.3) is 0 Å². The van der Waals surface area contributed by atoms with Crippen LogP contribution >= 0.6 is 11.6 Å². The number of benzene rings is 3. The second-order valence-electron chi connectivity index (χ2n) is 4.96. The summed E-state index contributed by atoms with van der Waals surface area (Å²) < 4.78 is 0. The smallest absolute Gasteiger partial charge is 0.104 e. The Labute approximate surface area is 123 Å². The van der Waals surface area contributed by atoms with Crippen LogP contribution in [-0.4, -0.2) is 5.11 Å². The van der Waals surface area contributed by atoms with Crippen LogP contribution in [0.3, 0.4) is 0 Å². The molecule has 3 rings (SSSR count). The first kappa shape index (κ1) is 13.2. The van der Waals surface area contributed by atoms with E-state index in [1.165, 1.54) is 5.39 Å². The van der Waals surface area contributed by atoms with Gasteiger partial charge in [0.15, 0.2) is 0 Å². The first-order chi connectivity index (χ1) is 9.66. The van der Waals surface area contributed by atoms with Gasteiger partial charge in [-0.05, 0) is 46.5 Å². The number of fused-ring (bicyclic) bond motifs is 1. The van der Waals surface area contributed by atoms with Gasteiger partial charge in [0.2, 0.25) is 0 Å². The van der Waals surface area contributed by atoms with E-state index in [4.69, 9.17) is 11.6 Å². The number of halogens is 1. The van der Waals surface area contributed by atoms with E-state index < -0.39 is 6.10 Å².